The Morgan fingerprint density at radius 1 is 1.43 bits per heavy atom. The smallest absolute Gasteiger partial charge is 0.123 e. The molecule has 2 rings (SSSR count). The van der Waals surface area contributed by atoms with Crippen molar-refractivity contribution in [1.29, 1.82) is 0 Å². The Bertz CT molecular complexity index is 423. The van der Waals surface area contributed by atoms with Crippen molar-refractivity contribution in [2.75, 3.05) is 0 Å². The summed E-state index contributed by atoms with van der Waals surface area (Å²) >= 11 is 4.80. The second kappa shape index (κ2) is 3.50. The topological polar surface area (TPSA) is 26.0 Å². The maximum absolute atomic E-state index is 13.0. The molecule has 0 saturated carbocycles. The summed E-state index contributed by atoms with van der Waals surface area (Å²) in [5.74, 6) is -0.209. The van der Waals surface area contributed by atoms with Crippen LogP contribution in [0.4, 0.5) is 4.39 Å². The van der Waals surface area contributed by atoms with Crippen molar-refractivity contribution in [2.24, 2.45) is 5.73 Å². The van der Waals surface area contributed by atoms with Gasteiger partial charge in [0.15, 0.2) is 0 Å². The molecule has 1 aliphatic carbocycles. The summed E-state index contributed by atoms with van der Waals surface area (Å²) in [6.45, 7) is 0. The third-order valence-electron chi connectivity index (χ3n) is 2.40. The molecule has 0 radical (unpaired) electrons. The van der Waals surface area contributed by atoms with Crippen molar-refractivity contribution in [3.8, 4) is 0 Å². The van der Waals surface area contributed by atoms with Crippen LogP contribution in [0.3, 0.4) is 0 Å². The number of nitrogens with two attached hydrogens (primary N) is 1. The molecule has 0 aliphatic heterocycles. The Balaban J connectivity index is 2.48. The number of thiocarbonyl (C=S) groups is 1. The third kappa shape index (κ3) is 1.68. The first kappa shape index (κ1) is 9.34. The first-order chi connectivity index (χ1) is 6.66. The van der Waals surface area contributed by atoms with Crippen molar-refractivity contribution in [3.05, 3.63) is 41.2 Å². The van der Waals surface area contributed by atoms with Crippen LogP contribution in [0, 0.1) is 5.82 Å². The summed E-state index contributed by atoms with van der Waals surface area (Å²) in [6, 6.07) is 4.86. The Labute approximate surface area is 87.4 Å². The molecule has 14 heavy (non-hydrogen) atoms. The first-order valence-electron chi connectivity index (χ1n) is 4.45. The third-order valence-corrected chi connectivity index (χ3v) is 2.52. The maximum atomic E-state index is 13.0. The van der Waals surface area contributed by atoms with Crippen molar-refractivity contribution >= 4 is 22.8 Å². The summed E-state index contributed by atoms with van der Waals surface area (Å²) in [5.41, 5.74) is 8.61. The lowest BCUT2D eigenvalue weighted by Crippen LogP contribution is -2.03. The van der Waals surface area contributed by atoms with Gasteiger partial charge in [0.25, 0.3) is 0 Å². The molecule has 1 aliphatic rings. The minimum atomic E-state index is -0.209. The first-order valence-corrected chi connectivity index (χ1v) is 4.86. The lowest BCUT2D eigenvalue weighted by Gasteiger charge is -2.00. The number of halogens is 1. The molecule has 1 aromatic carbocycles. The molecule has 72 valence electrons. The van der Waals surface area contributed by atoms with Crippen molar-refractivity contribution in [1.82, 2.24) is 0 Å². The SMILES string of the molecule is NC(=S)C=C1CCc2ccc(F)cc21. The fourth-order valence-electron chi connectivity index (χ4n) is 1.79. The van der Waals surface area contributed by atoms with E-state index >= 15 is 0 Å². The molecule has 0 spiro atoms. The molecule has 0 amide bonds. The molecule has 3 heteroatoms. The van der Waals surface area contributed by atoms with Crippen LogP contribution < -0.4 is 5.73 Å². The molecular formula is C11H10FNS. The highest BCUT2D eigenvalue weighted by Crippen LogP contribution is 2.32. The maximum Gasteiger partial charge on any atom is 0.123 e. The van der Waals surface area contributed by atoms with Gasteiger partial charge in [0.2, 0.25) is 0 Å². The van der Waals surface area contributed by atoms with E-state index in [-0.39, 0.29) is 5.82 Å². The molecule has 1 nitrogen and oxygen atoms in total. The normalized spacial score (nSPS) is 17.1. The van der Waals surface area contributed by atoms with Gasteiger partial charge in [-0.25, -0.2) is 4.39 Å². The van der Waals surface area contributed by atoms with Crippen LogP contribution in [-0.4, -0.2) is 4.99 Å². The van der Waals surface area contributed by atoms with Crippen molar-refractivity contribution in [3.63, 3.8) is 0 Å². The summed E-state index contributed by atoms with van der Waals surface area (Å²) in [7, 11) is 0. The fourth-order valence-corrected chi connectivity index (χ4v) is 1.93. The number of hydrogen-bond acceptors (Lipinski definition) is 1. The predicted octanol–water partition coefficient (Wildman–Crippen LogP) is 2.44. The lowest BCUT2D eigenvalue weighted by molar-refractivity contribution is 0.627. The highest BCUT2D eigenvalue weighted by Gasteiger charge is 2.16. The molecule has 2 N–H and O–H groups in total. The highest BCUT2D eigenvalue weighted by atomic mass is 32.1. The van der Waals surface area contributed by atoms with Crippen LogP contribution in [0.25, 0.3) is 5.57 Å². The monoisotopic (exact) mass is 207 g/mol. The van der Waals surface area contributed by atoms with Gasteiger partial charge in [0.05, 0.1) is 4.99 Å². The molecule has 0 bridgehead atoms. The Kier molecular flexibility index (Phi) is 2.33. The van der Waals surface area contributed by atoms with Gasteiger partial charge in [-0.1, -0.05) is 18.3 Å². The van der Waals surface area contributed by atoms with Crippen LogP contribution in [0.1, 0.15) is 17.5 Å². The van der Waals surface area contributed by atoms with Gasteiger partial charge >= 0.3 is 0 Å². The van der Waals surface area contributed by atoms with E-state index < -0.39 is 0 Å². The highest BCUT2D eigenvalue weighted by molar-refractivity contribution is 7.80. The summed E-state index contributed by atoms with van der Waals surface area (Å²) in [6.07, 6.45) is 3.60. The van der Waals surface area contributed by atoms with E-state index in [9.17, 15) is 4.39 Å². The molecule has 1 aromatic rings. The zero-order chi connectivity index (χ0) is 10.1. The standard InChI is InChI=1S/C11H10FNS/c12-9-4-3-7-1-2-8(5-11(13)14)10(7)6-9/h3-6H,1-2H2,(H2,13,14). The zero-order valence-corrected chi connectivity index (χ0v) is 8.40. The quantitative estimate of drug-likeness (QED) is 0.565. The Morgan fingerprint density at radius 3 is 2.93 bits per heavy atom. The predicted molar refractivity (Wildman–Crippen MR) is 59.5 cm³/mol. The average molecular weight is 207 g/mol. The zero-order valence-electron chi connectivity index (χ0n) is 7.59. The molecule has 0 atom stereocenters. The molecule has 0 heterocycles. The van der Waals surface area contributed by atoms with Crippen LogP contribution in [0.15, 0.2) is 24.3 Å². The van der Waals surface area contributed by atoms with Gasteiger partial charge in [0, 0.05) is 0 Å². The molecule has 0 fully saturated rings. The fraction of sp³-hybridized carbons (Fsp3) is 0.182. The van der Waals surface area contributed by atoms with Gasteiger partial charge in [-0.05, 0) is 47.8 Å². The van der Waals surface area contributed by atoms with Gasteiger partial charge in [-0.3, -0.25) is 0 Å². The van der Waals surface area contributed by atoms with Crippen molar-refractivity contribution in [2.45, 2.75) is 12.8 Å². The molecular weight excluding hydrogens is 197 g/mol. The number of allylic oxidation sites excluding steroid dienone is 1. The van der Waals surface area contributed by atoms with Gasteiger partial charge in [-0.2, -0.15) is 0 Å². The lowest BCUT2D eigenvalue weighted by atomic mass is 10.1. The van der Waals surface area contributed by atoms with E-state index in [1.807, 2.05) is 6.07 Å². The van der Waals surface area contributed by atoms with E-state index in [1.165, 1.54) is 11.6 Å². The number of rotatable bonds is 1. The van der Waals surface area contributed by atoms with E-state index in [0.717, 1.165) is 24.0 Å². The van der Waals surface area contributed by atoms with E-state index in [2.05, 4.69) is 0 Å². The molecule has 0 unspecified atom stereocenters. The van der Waals surface area contributed by atoms with E-state index in [0.29, 0.717) is 4.99 Å². The van der Waals surface area contributed by atoms with Crippen molar-refractivity contribution < 1.29 is 4.39 Å². The van der Waals surface area contributed by atoms with Gasteiger partial charge < -0.3 is 5.73 Å². The number of benzene rings is 1. The minimum Gasteiger partial charge on any atom is -0.390 e. The second-order valence-corrected chi connectivity index (χ2v) is 3.84. The van der Waals surface area contributed by atoms with Gasteiger partial charge in [0.1, 0.15) is 5.82 Å². The second-order valence-electron chi connectivity index (χ2n) is 3.37. The Morgan fingerprint density at radius 2 is 2.21 bits per heavy atom. The van der Waals surface area contributed by atoms with Crippen LogP contribution >= 0.6 is 12.2 Å². The summed E-state index contributed by atoms with van der Waals surface area (Å²) < 4.78 is 13.0. The van der Waals surface area contributed by atoms with Crippen LogP contribution in [0.5, 0.6) is 0 Å². The van der Waals surface area contributed by atoms with Crippen LogP contribution in [-0.2, 0) is 6.42 Å². The van der Waals surface area contributed by atoms with Gasteiger partial charge in [-0.15, -0.1) is 0 Å². The minimum absolute atomic E-state index is 0.209. The number of aryl methyl sites for hydroxylation is 1. The molecule has 0 saturated heterocycles. The Hall–Kier alpha value is -1.22. The average Bonchev–Trinajstić information content (AvgIpc) is 2.47. The largest absolute Gasteiger partial charge is 0.390 e. The van der Waals surface area contributed by atoms with E-state index in [1.54, 1.807) is 12.1 Å². The van der Waals surface area contributed by atoms with Crippen LogP contribution in [0.2, 0.25) is 0 Å². The molecule has 0 aromatic heterocycles. The summed E-state index contributed by atoms with van der Waals surface area (Å²) in [5, 5.41) is 0. The van der Waals surface area contributed by atoms with E-state index in [4.69, 9.17) is 18.0 Å². The summed E-state index contributed by atoms with van der Waals surface area (Å²) in [4.78, 5) is 0.358. The number of hydrogen-bond donors (Lipinski definition) is 1. The number of fused-ring (bicyclic) bond motifs is 1.